The van der Waals surface area contributed by atoms with Crippen LogP contribution in [0.25, 0.3) is 0 Å². The fourth-order valence-corrected chi connectivity index (χ4v) is 2.37. The van der Waals surface area contributed by atoms with E-state index in [4.69, 9.17) is 0 Å². The van der Waals surface area contributed by atoms with Crippen LogP contribution >= 0.6 is 0 Å². The van der Waals surface area contributed by atoms with E-state index in [0.717, 1.165) is 19.6 Å². The summed E-state index contributed by atoms with van der Waals surface area (Å²) in [4.78, 5) is 6.34. The second-order valence-electron chi connectivity index (χ2n) is 5.11. The normalized spacial score (nSPS) is 10.6. The molecule has 0 aliphatic carbocycles. The van der Waals surface area contributed by atoms with Crippen LogP contribution in [0, 0.1) is 6.92 Å². The molecule has 2 aromatic rings. The Kier molecular flexibility index (Phi) is 5.13. The van der Waals surface area contributed by atoms with Gasteiger partial charge in [0.2, 0.25) is 0 Å². The van der Waals surface area contributed by atoms with Gasteiger partial charge in [-0.1, -0.05) is 19.1 Å². The number of hydrogen-bond acceptors (Lipinski definition) is 3. The van der Waals surface area contributed by atoms with E-state index in [1.165, 1.54) is 22.4 Å². The van der Waals surface area contributed by atoms with Gasteiger partial charge in [0.15, 0.2) is 0 Å². The van der Waals surface area contributed by atoms with Crippen molar-refractivity contribution in [3.63, 3.8) is 0 Å². The smallest absolute Gasteiger partial charge is 0.0427 e. The van der Waals surface area contributed by atoms with E-state index in [1.807, 2.05) is 12.4 Å². The van der Waals surface area contributed by atoms with E-state index in [-0.39, 0.29) is 0 Å². The predicted molar refractivity (Wildman–Crippen MR) is 84.9 cm³/mol. The van der Waals surface area contributed by atoms with Crippen molar-refractivity contribution < 1.29 is 0 Å². The van der Waals surface area contributed by atoms with Gasteiger partial charge in [-0.15, -0.1) is 0 Å². The van der Waals surface area contributed by atoms with E-state index in [1.54, 1.807) is 0 Å². The number of hydrogen-bond donors (Lipinski definition) is 1. The minimum absolute atomic E-state index is 0.899. The number of pyridine rings is 1. The predicted octanol–water partition coefficient (Wildman–Crippen LogP) is 3.14. The third-order valence-corrected chi connectivity index (χ3v) is 3.42. The van der Waals surface area contributed by atoms with Gasteiger partial charge in [-0.3, -0.25) is 4.98 Å². The van der Waals surface area contributed by atoms with Gasteiger partial charge < -0.3 is 10.2 Å². The molecule has 0 bridgehead atoms. The highest BCUT2D eigenvalue weighted by Gasteiger charge is 2.06. The summed E-state index contributed by atoms with van der Waals surface area (Å²) < 4.78 is 0. The molecule has 0 radical (unpaired) electrons. The molecule has 3 heteroatoms. The molecular weight excluding hydrogens is 246 g/mol. The second kappa shape index (κ2) is 7.06. The summed E-state index contributed by atoms with van der Waals surface area (Å²) in [5, 5.41) is 3.36. The first-order chi connectivity index (χ1) is 9.70. The molecule has 2 rings (SSSR count). The van der Waals surface area contributed by atoms with Gasteiger partial charge in [-0.2, -0.15) is 0 Å². The Morgan fingerprint density at radius 3 is 2.50 bits per heavy atom. The molecule has 0 saturated carbocycles. The molecule has 0 spiro atoms. The van der Waals surface area contributed by atoms with Crippen LogP contribution in [0.3, 0.4) is 0 Å². The molecule has 0 amide bonds. The highest BCUT2D eigenvalue weighted by Crippen LogP contribution is 2.21. The Balaban J connectivity index is 2.08. The standard InChI is InChI=1S/C17H23N3/c1-4-18-12-16-5-6-17(14(2)11-16)20(3)13-15-7-9-19-10-8-15/h5-11,18H,4,12-13H2,1-3H3. The van der Waals surface area contributed by atoms with Gasteiger partial charge in [0, 0.05) is 38.2 Å². The Hall–Kier alpha value is -1.87. The largest absolute Gasteiger partial charge is 0.370 e. The van der Waals surface area contributed by atoms with Crippen molar-refractivity contribution in [3.8, 4) is 0 Å². The SMILES string of the molecule is CCNCc1ccc(N(C)Cc2ccncc2)c(C)c1. The van der Waals surface area contributed by atoms with Crippen LogP contribution in [0.5, 0.6) is 0 Å². The summed E-state index contributed by atoms with van der Waals surface area (Å²) in [5.74, 6) is 0. The van der Waals surface area contributed by atoms with Crippen molar-refractivity contribution in [2.75, 3.05) is 18.5 Å². The van der Waals surface area contributed by atoms with Gasteiger partial charge in [-0.25, -0.2) is 0 Å². The highest BCUT2D eigenvalue weighted by atomic mass is 15.1. The Bertz CT molecular complexity index is 537. The third kappa shape index (κ3) is 3.81. The van der Waals surface area contributed by atoms with Crippen LogP contribution in [0.2, 0.25) is 0 Å². The molecule has 20 heavy (non-hydrogen) atoms. The van der Waals surface area contributed by atoms with E-state index < -0.39 is 0 Å². The molecular formula is C17H23N3. The van der Waals surface area contributed by atoms with Crippen LogP contribution < -0.4 is 10.2 Å². The molecule has 0 aliphatic heterocycles. The number of rotatable bonds is 6. The summed E-state index contributed by atoms with van der Waals surface area (Å²) >= 11 is 0. The number of aromatic nitrogens is 1. The number of benzene rings is 1. The Labute approximate surface area is 121 Å². The first-order valence-electron chi connectivity index (χ1n) is 7.11. The molecule has 1 heterocycles. The van der Waals surface area contributed by atoms with Gasteiger partial charge in [0.05, 0.1) is 0 Å². The van der Waals surface area contributed by atoms with E-state index in [0.29, 0.717) is 0 Å². The first kappa shape index (κ1) is 14.5. The number of anilines is 1. The van der Waals surface area contributed by atoms with E-state index >= 15 is 0 Å². The second-order valence-corrected chi connectivity index (χ2v) is 5.11. The summed E-state index contributed by atoms with van der Waals surface area (Å²) in [6.07, 6.45) is 3.69. The number of nitrogens with one attached hydrogen (secondary N) is 1. The van der Waals surface area contributed by atoms with Gasteiger partial charge in [0.25, 0.3) is 0 Å². The van der Waals surface area contributed by atoms with Crippen molar-refractivity contribution in [3.05, 3.63) is 59.4 Å². The van der Waals surface area contributed by atoms with Crippen molar-refractivity contribution in [2.45, 2.75) is 26.9 Å². The third-order valence-electron chi connectivity index (χ3n) is 3.42. The Morgan fingerprint density at radius 2 is 1.85 bits per heavy atom. The monoisotopic (exact) mass is 269 g/mol. The minimum Gasteiger partial charge on any atom is -0.370 e. The summed E-state index contributed by atoms with van der Waals surface area (Å²) in [5.41, 5.74) is 5.21. The maximum Gasteiger partial charge on any atom is 0.0427 e. The maximum atomic E-state index is 4.06. The lowest BCUT2D eigenvalue weighted by Crippen LogP contribution is -2.18. The zero-order chi connectivity index (χ0) is 14.4. The molecule has 0 unspecified atom stereocenters. The Morgan fingerprint density at radius 1 is 1.10 bits per heavy atom. The van der Waals surface area contributed by atoms with Gasteiger partial charge in [-0.05, 0) is 48.4 Å². The lowest BCUT2D eigenvalue weighted by molar-refractivity contribution is 0.726. The molecule has 0 aliphatic rings. The van der Waals surface area contributed by atoms with Crippen molar-refractivity contribution >= 4 is 5.69 Å². The van der Waals surface area contributed by atoms with Crippen molar-refractivity contribution in [1.29, 1.82) is 0 Å². The van der Waals surface area contributed by atoms with Gasteiger partial charge >= 0.3 is 0 Å². The fourth-order valence-electron chi connectivity index (χ4n) is 2.37. The lowest BCUT2D eigenvalue weighted by Gasteiger charge is -2.22. The average molecular weight is 269 g/mol. The average Bonchev–Trinajstić information content (AvgIpc) is 2.46. The summed E-state index contributed by atoms with van der Waals surface area (Å²) in [6, 6.07) is 10.8. The molecule has 0 saturated heterocycles. The lowest BCUT2D eigenvalue weighted by atomic mass is 10.1. The van der Waals surface area contributed by atoms with E-state index in [9.17, 15) is 0 Å². The molecule has 0 fully saturated rings. The first-order valence-corrected chi connectivity index (χ1v) is 7.11. The topological polar surface area (TPSA) is 28.2 Å². The summed E-state index contributed by atoms with van der Waals surface area (Å²) in [7, 11) is 2.13. The van der Waals surface area contributed by atoms with Gasteiger partial charge in [0.1, 0.15) is 0 Å². The molecule has 1 aromatic carbocycles. The molecule has 1 aromatic heterocycles. The molecule has 3 nitrogen and oxygen atoms in total. The van der Waals surface area contributed by atoms with E-state index in [2.05, 4.69) is 66.4 Å². The van der Waals surface area contributed by atoms with Crippen LogP contribution in [-0.2, 0) is 13.1 Å². The molecule has 1 N–H and O–H groups in total. The van der Waals surface area contributed by atoms with Crippen LogP contribution in [0.4, 0.5) is 5.69 Å². The zero-order valence-electron chi connectivity index (χ0n) is 12.6. The highest BCUT2D eigenvalue weighted by molar-refractivity contribution is 5.54. The number of nitrogens with zero attached hydrogens (tertiary/aromatic N) is 2. The zero-order valence-corrected chi connectivity index (χ0v) is 12.6. The number of aryl methyl sites for hydroxylation is 1. The van der Waals surface area contributed by atoms with Crippen molar-refractivity contribution in [1.82, 2.24) is 10.3 Å². The minimum atomic E-state index is 0.899. The van der Waals surface area contributed by atoms with Crippen LogP contribution in [-0.4, -0.2) is 18.6 Å². The van der Waals surface area contributed by atoms with Crippen LogP contribution in [0.15, 0.2) is 42.7 Å². The molecule has 106 valence electrons. The van der Waals surface area contributed by atoms with Crippen LogP contribution in [0.1, 0.15) is 23.6 Å². The maximum absolute atomic E-state index is 4.06. The quantitative estimate of drug-likeness (QED) is 0.873. The van der Waals surface area contributed by atoms with Crippen molar-refractivity contribution in [2.24, 2.45) is 0 Å². The summed E-state index contributed by atoms with van der Waals surface area (Å²) in [6.45, 7) is 7.14. The fraction of sp³-hybridized carbons (Fsp3) is 0.353. The molecule has 0 atom stereocenters.